The predicted octanol–water partition coefficient (Wildman–Crippen LogP) is 1.30. The minimum atomic E-state index is 0.0992. The van der Waals surface area contributed by atoms with Crippen molar-refractivity contribution in [1.29, 1.82) is 0 Å². The van der Waals surface area contributed by atoms with Gasteiger partial charge in [-0.15, -0.1) is 0 Å². The summed E-state index contributed by atoms with van der Waals surface area (Å²) in [4.78, 5) is 12.1. The summed E-state index contributed by atoms with van der Waals surface area (Å²) >= 11 is 0. The molecular formula is C15H22N2O2. The summed E-state index contributed by atoms with van der Waals surface area (Å²) in [5.74, 6) is 0.664. The fraction of sp³-hybridized carbons (Fsp3) is 0.533. The second kappa shape index (κ2) is 6.68. The lowest BCUT2D eigenvalue weighted by Crippen LogP contribution is -2.33. The van der Waals surface area contributed by atoms with Crippen molar-refractivity contribution in [2.45, 2.75) is 20.1 Å². The lowest BCUT2D eigenvalue weighted by atomic mass is 9.97. The van der Waals surface area contributed by atoms with Gasteiger partial charge in [0.1, 0.15) is 0 Å². The van der Waals surface area contributed by atoms with Crippen molar-refractivity contribution in [3.05, 3.63) is 35.4 Å². The average molecular weight is 262 g/mol. The molecule has 1 aliphatic rings. The van der Waals surface area contributed by atoms with Gasteiger partial charge in [-0.1, -0.05) is 31.2 Å². The van der Waals surface area contributed by atoms with E-state index in [9.17, 15) is 4.79 Å². The third kappa shape index (κ3) is 3.78. The molecule has 0 saturated carbocycles. The number of benzene rings is 1. The monoisotopic (exact) mass is 262 g/mol. The van der Waals surface area contributed by atoms with Gasteiger partial charge in [-0.3, -0.25) is 4.79 Å². The molecule has 0 radical (unpaired) electrons. The molecule has 1 aliphatic heterocycles. The van der Waals surface area contributed by atoms with Crippen molar-refractivity contribution in [2.24, 2.45) is 11.8 Å². The molecule has 4 heteroatoms. The van der Waals surface area contributed by atoms with Gasteiger partial charge in [-0.25, -0.2) is 0 Å². The Morgan fingerprint density at radius 2 is 2.21 bits per heavy atom. The van der Waals surface area contributed by atoms with Crippen molar-refractivity contribution in [1.82, 2.24) is 10.6 Å². The molecule has 0 unspecified atom stereocenters. The molecule has 104 valence electrons. The zero-order chi connectivity index (χ0) is 13.7. The number of carbonyl (C=O) groups excluding carboxylic acids is 1. The average Bonchev–Trinajstić information content (AvgIpc) is 2.83. The fourth-order valence-electron chi connectivity index (χ4n) is 2.48. The summed E-state index contributed by atoms with van der Waals surface area (Å²) in [5, 5.41) is 6.27. The standard InChI is InChI=1S/C15H22N2O2/c1-11-7-16-9-14(11)15(18)17-8-12-4-3-5-13(6-12)10-19-2/h3-6,11,14,16H,7-10H2,1-2H3,(H,17,18)/t11-,14-/m1/s1. The molecule has 1 aromatic carbocycles. The van der Waals surface area contributed by atoms with Crippen LogP contribution in [0.3, 0.4) is 0 Å². The van der Waals surface area contributed by atoms with Crippen molar-refractivity contribution in [3.63, 3.8) is 0 Å². The van der Waals surface area contributed by atoms with E-state index < -0.39 is 0 Å². The summed E-state index contributed by atoms with van der Waals surface area (Å²) in [6, 6.07) is 8.11. The summed E-state index contributed by atoms with van der Waals surface area (Å²) < 4.78 is 5.11. The molecule has 1 heterocycles. The number of ether oxygens (including phenoxy) is 1. The number of carbonyl (C=O) groups is 1. The van der Waals surface area contributed by atoms with Crippen LogP contribution in [-0.4, -0.2) is 26.1 Å². The Kier molecular flexibility index (Phi) is 4.93. The third-order valence-electron chi connectivity index (χ3n) is 3.62. The van der Waals surface area contributed by atoms with Crippen LogP contribution in [0.15, 0.2) is 24.3 Å². The smallest absolute Gasteiger partial charge is 0.224 e. The fourth-order valence-corrected chi connectivity index (χ4v) is 2.48. The molecule has 0 aliphatic carbocycles. The van der Waals surface area contributed by atoms with E-state index in [2.05, 4.69) is 23.6 Å². The van der Waals surface area contributed by atoms with E-state index in [1.165, 1.54) is 0 Å². The molecule has 0 aromatic heterocycles. The molecule has 2 rings (SSSR count). The van der Waals surface area contributed by atoms with Gasteiger partial charge >= 0.3 is 0 Å². The van der Waals surface area contributed by atoms with Crippen LogP contribution in [0.25, 0.3) is 0 Å². The Balaban J connectivity index is 1.87. The maximum atomic E-state index is 12.1. The van der Waals surface area contributed by atoms with Crippen LogP contribution in [-0.2, 0) is 22.7 Å². The van der Waals surface area contributed by atoms with Gasteiger partial charge in [0, 0.05) is 20.2 Å². The van der Waals surface area contributed by atoms with Gasteiger partial charge in [0.2, 0.25) is 5.91 Å². The highest BCUT2D eigenvalue weighted by molar-refractivity contribution is 5.79. The number of methoxy groups -OCH3 is 1. The van der Waals surface area contributed by atoms with E-state index in [1.807, 2.05) is 18.2 Å². The molecule has 0 bridgehead atoms. The first-order valence-corrected chi connectivity index (χ1v) is 6.76. The highest BCUT2D eigenvalue weighted by Gasteiger charge is 2.29. The first-order chi connectivity index (χ1) is 9.20. The normalized spacial score (nSPS) is 22.4. The van der Waals surface area contributed by atoms with Gasteiger partial charge in [0.25, 0.3) is 0 Å². The first-order valence-electron chi connectivity index (χ1n) is 6.76. The van der Waals surface area contributed by atoms with Crippen LogP contribution < -0.4 is 10.6 Å². The molecule has 2 atom stereocenters. The molecule has 0 spiro atoms. The first kappa shape index (κ1) is 14.0. The Morgan fingerprint density at radius 1 is 1.42 bits per heavy atom. The Hall–Kier alpha value is -1.39. The molecule has 1 aromatic rings. The van der Waals surface area contributed by atoms with Crippen molar-refractivity contribution in [2.75, 3.05) is 20.2 Å². The van der Waals surface area contributed by atoms with Crippen LogP contribution in [0.1, 0.15) is 18.1 Å². The minimum Gasteiger partial charge on any atom is -0.380 e. The predicted molar refractivity (Wildman–Crippen MR) is 74.5 cm³/mol. The summed E-state index contributed by atoms with van der Waals surface area (Å²) in [5.41, 5.74) is 2.24. The van der Waals surface area contributed by atoms with Crippen LogP contribution in [0, 0.1) is 11.8 Å². The third-order valence-corrected chi connectivity index (χ3v) is 3.62. The zero-order valence-electron chi connectivity index (χ0n) is 11.6. The van der Waals surface area contributed by atoms with E-state index in [0.717, 1.165) is 24.2 Å². The molecule has 2 N–H and O–H groups in total. The number of rotatable bonds is 5. The van der Waals surface area contributed by atoms with E-state index in [-0.39, 0.29) is 11.8 Å². The molecule has 1 amide bonds. The molecule has 19 heavy (non-hydrogen) atoms. The zero-order valence-corrected chi connectivity index (χ0v) is 11.6. The van der Waals surface area contributed by atoms with Crippen molar-refractivity contribution < 1.29 is 9.53 Å². The molecule has 4 nitrogen and oxygen atoms in total. The summed E-state index contributed by atoms with van der Waals surface area (Å²) in [6.45, 7) is 5.02. The van der Waals surface area contributed by atoms with Crippen LogP contribution in [0.2, 0.25) is 0 Å². The van der Waals surface area contributed by atoms with Gasteiger partial charge in [0.15, 0.2) is 0 Å². The highest BCUT2D eigenvalue weighted by atomic mass is 16.5. The Morgan fingerprint density at radius 3 is 2.89 bits per heavy atom. The number of nitrogens with one attached hydrogen (secondary N) is 2. The second-order valence-corrected chi connectivity index (χ2v) is 5.21. The highest BCUT2D eigenvalue weighted by Crippen LogP contribution is 2.16. The molecular weight excluding hydrogens is 240 g/mol. The Bertz CT molecular complexity index is 434. The maximum absolute atomic E-state index is 12.1. The van der Waals surface area contributed by atoms with Crippen LogP contribution in [0.5, 0.6) is 0 Å². The van der Waals surface area contributed by atoms with E-state index in [0.29, 0.717) is 19.1 Å². The molecule has 1 saturated heterocycles. The Labute approximate surface area is 114 Å². The van der Waals surface area contributed by atoms with Gasteiger partial charge < -0.3 is 15.4 Å². The topological polar surface area (TPSA) is 50.4 Å². The molecule has 1 fully saturated rings. The lowest BCUT2D eigenvalue weighted by Gasteiger charge is -2.14. The number of amides is 1. The van der Waals surface area contributed by atoms with Gasteiger partial charge in [-0.05, 0) is 23.6 Å². The van der Waals surface area contributed by atoms with E-state index in [4.69, 9.17) is 4.74 Å². The minimum absolute atomic E-state index is 0.0992. The lowest BCUT2D eigenvalue weighted by molar-refractivity contribution is -0.125. The maximum Gasteiger partial charge on any atom is 0.224 e. The van der Waals surface area contributed by atoms with E-state index in [1.54, 1.807) is 7.11 Å². The van der Waals surface area contributed by atoms with Gasteiger partial charge in [-0.2, -0.15) is 0 Å². The second-order valence-electron chi connectivity index (χ2n) is 5.21. The summed E-state index contributed by atoms with van der Waals surface area (Å²) in [7, 11) is 1.68. The SMILES string of the molecule is COCc1cccc(CNC(=O)[C@@H]2CNC[C@H]2C)c1. The van der Waals surface area contributed by atoms with Crippen molar-refractivity contribution >= 4 is 5.91 Å². The van der Waals surface area contributed by atoms with E-state index >= 15 is 0 Å². The van der Waals surface area contributed by atoms with Crippen LogP contribution in [0.4, 0.5) is 0 Å². The largest absolute Gasteiger partial charge is 0.380 e. The van der Waals surface area contributed by atoms with Crippen molar-refractivity contribution in [3.8, 4) is 0 Å². The number of hydrogen-bond acceptors (Lipinski definition) is 3. The van der Waals surface area contributed by atoms with Gasteiger partial charge in [0.05, 0.1) is 12.5 Å². The quantitative estimate of drug-likeness (QED) is 0.841. The number of hydrogen-bond donors (Lipinski definition) is 2. The van der Waals surface area contributed by atoms with Crippen LogP contribution >= 0.6 is 0 Å². The summed E-state index contributed by atoms with van der Waals surface area (Å²) in [6.07, 6.45) is 0.